The number of alkyl halides is 3. The lowest BCUT2D eigenvalue weighted by Crippen LogP contribution is -2.29. The van der Waals surface area contributed by atoms with Crippen LogP contribution in [0.1, 0.15) is 24.1 Å². The van der Waals surface area contributed by atoms with Gasteiger partial charge in [-0.3, -0.25) is 14.5 Å². The van der Waals surface area contributed by atoms with Crippen molar-refractivity contribution in [2.24, 2.45) is 0 Å². The van der Waals surface area contributed by atoms with Crippen LogP contribution in [0.25, 0.3) is 5.76 Å². The monoisotopic (exact) mass is 513 g/mol. The minimum absolute atomic E-state index is 0.0255. The summed E-state index contributed by atoms with van der Waals surface area (Å²) in [5.41, 5.74) is 0.392. The highest BCUT2D eigenvalue weighted by atomic mass is 19.4. The SMILES string of the molecule is CCOc1ccc(/C(O)=C2\C(=O)C(=O)N(c3cccc(OC(F)(F)F)c3)C2c2cccc(OC)c2)cc1. The van der Waals surface area contributed by atoms with Crippen LogP contribution in [-0.2, 0) is 9.59 Å². The standard InChI is InChI=1S/C27H22F3NO6/c1-3-36-19-12-10-16(11-13-19)24(32)22-23(17-6-4-8-20(14-17)35-2)31(26(34)25(22)33)18-7-5-9-21(15-18)37-27(28,29)30/h4-15,23,32H,3H2,1-2H3/b24-22+. The Balaban J connectivity index is 1.88. The number of rotatable bonds is 7. The fourth-order valence-electron chi connectivity index (χ4n) is 4.09. The number of ketones is 1. The lowest BCUT2D eigenvalue weighted by molar-refractivity contribution is -0.274. The lowest BCUT2D eigenvalue weighted by atomic mass is 9.95. The molecule has 0 saturated carbocycles. The number of aliphatic hydroxyl groups excluding tert-OH is 1. The van der Waals surface area contributed by atoms with Gasteiger partial charge in [0.1, 0.15) is 23.0 Å². The van der Waals surface area contributed by atoms with Gasteiger partial charge >= 0.3 is 6.36 Å². The number of methoxy groups -OCH3 is 1. The molecule has 0 aliphatic carbocycles. The molecule has 3 aromatic rings. The molecule has 3 aromatic carbocycles. The Hall–Kier alpha value is -4.47. The van der Waals surface area contributed by atoms with Gasteiger partial charge in [-0.1, -0.05) is 18.2 Å². The number of amides is 1. The van der Waals surface area contributed by atoms with Crippen LogP contribution in [0.15, 0.2) is 78.4 Å². The quantitative estimate of drug-likeness (QED) is 0.251. The Morgan fingerprint density at radius 3 is 2.27 bits per heavy atom. The summed E-state index contributed by atoms with van der Waals surface area (Å²) in [6.07, 6.45) is -4.95. The van der Waals surface area contributed by atoms with E-state index in [2.05, 4.69) is 4.74 Å². The third-order valence-electron chi connectivity index (χ3n) is 5.62. The molecule has 1 N–H and O–H groups in total. The highest BCUT2D eigenvalue weighted by Crippen LogP contribution is 2.43. The van der Waals surface area contributed by atoms with Gasteiger partial charge in [0.2, 0.25) is 0 Å². The zero-order valence-electron chi connectivity index (χ0n) is 19.8. The predicted octanol–water partition coefficient (Wildman–Crippen LogP) is 5.62. The molecule has 1 fully saturated rings. The normalized spacial score (nSPS) is 17.1. The van der Waals surface area contributed by atoms with Gasteiger partial charge < -0.3 is 19.3 Å². The molecule has 1 aliphatic rings. The largest absolute Gasteiger partial charge is 0.573 e. The molecule has 192 valence electrons. The number of halogens is 3. The van der Waals surface area contributed by atoms with Gasteiger partial charge in [-0.15, -0.1) is 13.2 Å². The Kier molecular flexibility index (Phi) is 7.10. The van der Waals surface area contributed by atoms with Crippen LogP contribution in [0.5, 0.6) is 17.2 Å². The summed E-state index contributed by atoms with van der Waals surface area (Å²) in [5.74, 6) is -2.07. The van der Waals surface area contributed by atoms with E-state index in [4.69, 9.17) is 9.47 Å². The second kappa shape index (κ2) is 10.3. The van der Waals surface area contributed by atoms with Crippen LogP contribution in [0.3, 0.4) is 0 Å². The van der Waals surface area contributed by atoms with Gasteiger partial charge in [-0.25, -0.2) is 0 Å². The van der Waals surface area contributed by atoms with E-state index in [1.807, 2.05) is 6.92 Å². The molecule has 4 rings (SSSR count). The first-order valence-electron chi connectivity index (χ1n) is 11.2. The summed E-state index contributed by atoms with van der Waals surface area (Å²) in [6, 6.07) is 16.3. The minimum atomic E-state index is -4.95. The molecule has 0 radical (unpaired) electrons. The lowest BCUT2D eigenvalue weighted by Gasteiger charge is -2.26. The molecule has 7 nitrogen and oxygen atoms in total. The van der Waals surface area contributed by atoms with Crippen molar-refractivity contribution in [1.29, 1.82) is 0 Å². The number of ether oxygens (including phenoxy) is 3. The summed E-state index contributed by atoms with van der Waals surface area (Å²) in [7, 11) is 1.44. The van der Waals surface area contributed by atoms with E-state index < -0.39 is 35.6 Å². The number of hydrogen-bond acceptors (Lipinski definition) is 6. The van der Waals surface area contributed by atoms with Crippen LogP contribution in [-0.4, -0.2) is 36.9 Å². The van der Waals surface area contributed by atoms with Crippen molar-refractivity contribution in [3.63, 3.8) is 0 Å². The van der Waals surface area contributed by atoms with Crippen molar-refractivity contribution in [2.75, 3.05) is 18.6 Å². The maximum atomic E-state index is 13.2. The van der Waals surface area contributed by atoms with Gasteiger partial charge in [0, 0.05) is 17.3 Å². The number of carbonyl (C=O) groups excluding carboxylic acids is 2. The fourth-order valence-corrected chi connectivity index (χ4v) is 4.09. The van der Waals surface area contributed by atoms with E-state index in [-0.39, 0.29) is 16.8 Å². The van der Waals surface area contributed by atoms with Crippen LogP contribution in [0.2, 0.25) is 0 Å². The molecule has 1 saturated heterocycles. The topological polar surface area (TPSA) is 85.3 Å². The number of aliphatic hydroxyl groups is 1. The van der Waals surface area contributed by atoms with Gasteiger partial charge in [0.15, 0.2) is 0 Å². The van der Waals surface area contributed by atoms with Crippen LogP contribution >= 0.6 is 0 Å². The summed E-state index contributed by atoms with van der Waals surface area (Å²) in [6.45, 7) is 2.25. The number of nitrogens with zero attached hydrogens (tertiary/aromatic N) is 1. The zero-order valence-corrected chi connectivity index (χ0v) is 19.8. The first kappa shape index (κ1) is 25.6. The highest BCUT2D eigenvalue weighted by molar-refractivity contribution is 6.51. The third-order valence-corrected chi connectivity index (χ3v) is 5.62. The Bertz CT molecular complexity index is 1350. The molecule has 1 unspecified atom stereocenters. The fraction of sp³-hybridized carbons (Fsp3) is 0.185. The van der Waals surface area contributed by atoms with Crippen molar-refractivity contribution >= 4 is 23.1 Å². The van der Waals surface area contributed by atoms with Crippen LogP contribution in [0.4, 0.5) is 18.9 Å². The van der Waals surface area contributed by atoms with E-state index in [1.54, 1.807) is 36.4 Å². The summed E-state index contributed by atoms with van der Waals surface area (Å²) >= 11 is 0. The second-order valence-electron chi connectivity index (χ2n) is 7.95. The molecule has 1 atom stereocenters. The zero-order chi connectivity index (χ0) is 26.7. The maximum Gasteiger partial charge on any atom is 0.573 e. The second-order valence-corrected chi connectivity index (χ2v) is 7.95. The Morgan fingerprint density at radius 2 is 1.62 bits per heavy atom. The van der Waals surface area contributed by atoms with E-state index in [0.717, 1.165) is 17.0 Å². The molecule has 37 heavy (non-hydrogen) atoms. The van der Waals surface area contributed by atoms with E-state index in [9.17, 15) is 27.9 Å². The van der Waals surface area contributed by atoms with E-state index in [1.165, 1.54) is 31.4 Å². The molecule has 0 spiro atoms. The molecule has 1 amide bonds. The molecule has 0 bridgehead atoms. The summed E-state index contributed by atoms with van der Waals surface area (Å²) in [5, 5.41) is 11.2. The minimum Gasteiger partial charge on any atom is -0.507 e. The van der Waals surface area contributed by atoms with E-state index >= 15 is 0 Å². The number of benzene rings is 3. The van der Waals surface area contributed by atoms with Crippen molar-refractivity contribution in [3.05, 3.63) is 89.5 Å². The molecule has 10 heteroatoms. The molecule has 0 aromatic heterocycles. The predicted molar refractivity (Wildman–Crippen MR) is 129 cm³/mol. The molecular formula is C27H22F3NO6. The Morgan fingerprint density at radius 1 is 0.946 bits per heavy atom. The van der Waals surface area contributed by atoms with Gasteiger partial charge in [0.05, 0.1) is 25.3 Å². The molecule has 1 heterocycles. The average Bonchev–Trinajstić information content (AvgIpc) is 3.14. The number of hydrogen-bond donors (Lipinski definition) is 1. The van der Waals surface area contributed by atoms with E-state index in [0.29, 0.717) is 23.7 Å². The molecular weight excluding hydrogens is 491 g/mol. The summed E-state index contributed by atoms with van der Waals surface area (Å²) in [4.78, 5) is 27.5. The Labute approximate surface area is 210 Å². The number of anilines is 1. The molecule has 1 aliphatic heterocycles. The average molecular weight is 513 g/mol. The summed E-state index contributed by atoms with van der Waals surface area (Å²) < 4.78 is 53.2. The smallest absolute Gasteiger partial charge is 0.507 e. The van der Waals surface area contributed by atoms with Crippen LogP contribution < -0.4 is 19.1 Å². The number of Topliss-reactive ketones (excluding diaryl/α,β-unsaturated/α-hetero) is 1. The van der Waals surface area contributed by atoms with Crippen molar-refractivity contribution in [1.82, 2.24) is 0 Å². The van der Waals surface area contributed by atoms with Gasteiger partial charge in [-0.05, 0) is 61.0 Å². The first-order valence-corrected chi connectivity index (χ1v) is 11.2. The van der Waals surface area contributed by atoms with Gasteiger partial charge in [0.25, 0.3) is 11.7 Å². The van der Waals surface area contributed by atoms with Crippen LogP contribution in [0, 0.1) is 0 Å². The van der Waals surface area contributed by atoms with Crippen molar-refractivity contribution in [3.8, 4) is 17.2 Å². The van der Waals surface area contributed by atoms with Crippen molar-refractivity contribution < 1.29 is 42.1 Å². The highest BCUT2D eigenvalue weighted by Gasteiger charge is 2.47. The number of carbonyl (C=O) groups is 2. The van der Waals surface area contributed by atoms with Crippen molar-refractivity contribution in [2.45, 2.75) is 19.3 Å². The first-order chi connectivity index (χ1) is 17.6. The van der Waals surface area contributed by atoms with Gasteiger partial charge in [-0.2, -0.15) is 0 Å². The maximum absolute atomic E-state index is 13.2. The third kappa shape index (κ3) is 5.37.